The monoisotopic (exact) mass is 557 g/mol. The highest BCUT2D eigenvalue weighted by molar-refractivity contribution is 5.10. The Bertz CT molecular complexity index is 809. The number of alkyl halides is 13. The van der Waals surface area contributed by atoms with E-state index in [1.54, 1.807) is 0 Å². The summed E-state index contributed by atoms with van der Waals surface area (Å²) in [5.41, 5.74) is 0.0118. The summed E-state index contributed by atoms with van der Waals surface area (Å²) < 4.78 is 176. The van der Waals surface area contributed by atoms with Crippen molar-refractivity contribution in [1.82, 2.24) is 15.0 Å². The Kier molecular flexibility index (Phi) is 10.5. The smallest absolute Gasteiger partial charge is 0.375 e. The van der Waals surface area contributed by atoms with Crippen LogP contribution in [-0.4, -0.2) is 57.4 Å². The molecule has 0 unspecified atom stereocenters. The van der Waals surface area contributed by atoms with Crippen molar-refractivity contribution in [3.05, 3.63) is 11.9 Å². The van der Waals surface area contributed by atoms with Gasteiger partial charge in [-0.25, -0.2) is 0 Å². The highest BCUT2D eigenvalue weighted by Gasteiger charge is 2.90. The van der Waals surface area contributed by atoms with Crippen molar-refractivity contribution in [3.63, 3.8) is 0 Å². The van der Waals surface area contributed by atoms with Crippen LogP contribution >= 0.6 is 0 Å². The van der Waals surface area contributed by atoms with Crippen molar-refractivity contribution in [3.8, 4) is 0 Å². The van der Waals surface area contributed by atoms with Crippen LogP contribution in [0.2, 0.25) is 0 Å². The summed E-state index contributed by atoms with van der Waals surface area (Å²) in [6, 6.07) is 0. The second kappa shape index (κ2) is 11.7. The lowest BCUT2D eigenvalue weighted by atomic mass is 9.92. The van der Waals surface area contributed by atoms with E-state index in [1.807, 2.05) is 0 Å². The maximum absolute atomic E-state index is 13.8. The number of halogens is 13. The molecule has 0 atom stereocenters. The van der Waals surface area contributed by atoms with Gasteiger partial charge in [0, 0.05) is 19.6 Å². The number of hydrogen-bond acceptors (Lipinski definition) is 3. The zero-order valence-electron chi connectivity index (χ0n) is 18.8. The molecule has 4 nitrogen and oxygen atoms in total. The first kappa shape index (κ1) is 32.2. The molecule has 0 amide bonds. The number of hydrogen-bond donors (Lipinski definition) is 0. The van der Waals surface area contributed by atoms with Gasteiger partial charge in [-0.3, -0.25) is 4.68 Å². The second-order valence-electron chi connectivity index (χ2n) is 8.04. The van der Waals surface area contributed by atoms with Gasteiger partial charge in [0.1, 0.15) is 5.69 Å². The molecule has 0 N–H and O–H groups in total. The highest BCUT2D eigenvalue weighted by atomic mass is 19.4. The molecule has 17 heteroatoms. The van der Waals surface area contributed by atoms with Crippen LogP contribution in [-0.2, 0) is 17.9 Å². The van der Waals surface area contributed by atoms with Crippen LogP contribution in [0.1, 0.15) is 57.6 Å². The Morgan fingerprint density at radius 2 is 1.25 bits per heavy atom. The molecule has 0 bridgehead atoms. The summed E-state index contributed by atoms with van der Waals surface area (Å²) in [5, 5.41) is 6.68. The van der Waals surface area contributed by atoms with E-state index in [4.69, 9.17) is 4.74 Å². The third-order valence-electron chi connectivity index (χ3n) is 5.13. The van der Waals surface area contributed by atoms with Crippen LogP contribution in [0.4, 0.5) is 57.1 Å². The van der Waals surface area contributed by atoms with Crippen LogP contribution in [0.15, 0.2) is 6.20 Å². The molecule has 1 heterocycles. The molecule has 0 aromatic carbocycles. The van der Waals surface area contributed by atoms with Gasteiger partial charge < -0.3 is 4.74 Å². The van der Waals surface area contributed by atoms with Crippen LogP contribution in [0.25, 0.3) is 0 Å². The fourth-order valence-electron chi connectivity index (χ4n) is 2.89. The number of unbranched alkanes of at least 4 members (excludes halogenated alkanes) is 5. The molecule has 0 fully saturated rings. The third-order valence-corrected chi connectivity index (χ3v) is 5.13. The van der Waals surface area contributed by atoms with E-state index in [-0.39, 0.29) is 12.3 Å². The summed E-state index contributed by atoms with van der Waals surface area (Å²) in [6.07, 6.45) is -3.12. The summed E-state index contributed by atoms with van der Waals surface area (Å²) in [6.45, 7) is 0.828. The van der Waals surface area contributed by atoms with Crippen LogP contribution < -0.4 is 0 Å². The number of aryl methyl sites for hydroxylation is 1. The zero-order chi connectivity index (χ0) is 28.1. The maximum Gasteiger partial charge on any atom is 0.460 e. The van der Waals surface area contributed by atoms with Gasteiger partial charge in [-0.15, -0.1) is 5.10 Å². The van der Waals surface area contributed by atoms with E-state index in [2.05, 4.69) is 17.2 Å². The zero-order valence-corrected chi connectivity index (χ0v) is 18.8. The molecular formula is C19H24F13N3O. The molecule has 0 saturated carbocycles. The molecule has 0 aliphatic rings. The lowest BCUT2D eigenvalue weighted by molar-refractivity contribution is -0.440. The third kappa shape index (κ3) is 6.73. The Balaban J connectivity index is 2.77. The Morgan fingerprint density at radius 1 is 0.722 bits per heavy atom. The van der Waals surface area contributed by atoms with Crippen LogP contribution in [0, 0.1) is 0 Å². The summed E-state index contributed by atoms with van der Waals surface area (Å²) in [5.74, 6) is -36.9. The first-order valence-corrected chi connectivity index (χ1v) is 10.7. The van der Waals surface area contributed by atoms with Gasteiger partial charge in [-0.2, -0.15) is 57.1 Å². The van der Waals surface area contributed by atoms with Gasteiger partial charge in [-0.1, -0.05) is 44.2 Å². The number of ether oxygens (including phenoxy) is 1. The van der Waals surface area contributed by atoms with Crippen molar-refractivity contribution in [2.75, 3.05) is 6.61 Å². The highest BCUT2D eigenvalue weighted by Crippen LogP contribution is 2.60. The molecule has 1 rings (SSSR count). The summed E-state index contributed by atoms with van der Waals surface area (Å²) >= 11 is 0. The minimum Gasteiger partial charge on any atom is -0.375 e. The molecule has 0 aliphatic carbocycles. The van der Waals surface area contributed by atoms with E-state index in [0.29, 0.717) is 17.7 Å². The Hall–Kier alpha value is -1.81. The minimum absolute atomic E-state index is 0.0118. The van der Waals surface area contributed by atoms with E-state index in [9.17, 15) is 57.1 Å². The van der Waals surface area contributed by atoms with Gasteiger partial charge >= 0.3 is 35.8 Å². The van der Waals surface area contributed by atoms with Gasteiger partial charge in [0.05, 0.1) is 12.8 Å². The minimum atomic E-state index is -7.90. The Labute approximate surface area is 197 Å². The van der Waals surface area contributed by atoms with E-state index in [0.717, 1.165) is 38.3 Å². The topological polar surface area (TPSA) is 39.9 Å². The summed E-state index contributed by atoms with van der Waals surface area (Å²) in [7, 11) is 0. The van der Waals surface area contributed by atoms with Gasteiger partial charge in [-0.05, 0) is 6.42 Å². The van der Waals surface area contributed by atoms with E-state index < -0.39 is 48.8 Å². The quantitative estimate of drug-likeness (QED) is 0.158. The standard InChI is InChI=1S/C19H24F13N3O/c1-2-3-4-5-6-7-10-36-12-13-11-35(34-33-13)9-8-14(20,21)15(22,23)16(24,25)17(26,27)18(28,29)19(30,31)32/h11H,2-10,12H2,1H3. The largest absolute Gasteiger partial charge is 0.460 e. The van der Waals surface area contributed by atoms with Gasteiger partial charge in [0.15, 0.2) is 0 Å². The lowest BCUT2D eigenvalue weighted by Gasteiger charge is -2.39. The van der Waals surface area contributed by atoms with Crippen LogP contribution in [0.5, 0.6) is 0 Å². The number of aromatic nitrogens is 3. The SMILES string of the molecule is CCCCCCCCOCc1cn(CCC(F)(F)C(F)(F)C(F)(F)C(F)(F)C(F)(F)C(F)(F)F)nn1. The predicted octanol–water partition coefficient (Wildman–Crippen LogP) is 7.28. The van der Waals surface area contributed by atoms with Crippen LogP contribution in [0.3, 0.4) is 0 Å². The second-order valence-corrected chi connectivity index (χ2v) is 8.04. The fraction of sp³-hybridized carbons (Fsp3) is 0.895. The van der Waals surface area contributed by atoms with Gasteiger partial charge in [0.25, 0.3) is 0 Å². The van der Waals surface area contributed by atoms with Crippen molar-refractivity contribution in [1.29, 1.82) is 0 Å². The number of nitrogens with zero attached hydrogens (tertiary/aromatic N) is 3. The molecule has 212 valence electrons. The molecule has 0 spiro atoms. The first-order valence-electron chi connectivity index (χ1n) is 10.7. The molecule has 36 heavy (non-hydrogen) atoms. The molecule has 0 radical (unpaired) electrons. The number of rotatable bonds is 16. The molecule has 0 saturated heterocycles. The van der Waals surface area contributed by atoms with Crippen molar-refractivity contribution in [2.45, 2.75) is 101 Å². The maximum atomic E-state index is 13.8. The molecule has 0 aliphatic heterocycles. The van der Waals surface area contributed by atoms with Crippen molar-refractivity contribution >= 4 is 0 Å². The van der Waals surface area contributed by atoms with E-state index >= 15 is 0 Å². The molecular weight excluding hydrogens is 533 g/mol. The first-order chi connectivity index (χ1) is 16.3. The van der Waals surface area contributed by atoms with Gasteiger partial charge in [0.2, 0.25) is 0 Å². The normalized spacial score (nSPS) is 14.5. The molecule has 1 aromatic heterocycles. The molecule has 1 aromatic rings. The van der Waals surface area contributed by atoms with Crippen molar-refractivity contribution in [2.24, 2.45) is 0 Å². The fourth-order valence-corrected chi connectivity index (χ4v) is 2.89. The lowest BCUT2D eigenvalue weighted by Crippen LogP contribution is -2.70. The predicted molar refractivity (Wildman–Crippen MR) is 98.5 cm³/mol. The van der Waals surface area contributed by atoms with E-state index in [1.165, 1.54) is 0 Å². The average molecular weight is 557 g/mol. The Morgan fingerprint density at radius 3 is 1.81 bits per heavy atom. The average Bonchev–Trinajstić information content (AvgIpc) is 3.20. The summed E-state index contributed by atoms with van der Waals surface area (Å²) in [4.78, 5) is 0. The van der Waals surface area contributed by atoms with Crippen molar-refractivity contribution < 1.29 is 61.8 Å².